The third kappa shape index (κ3) is 3.84. The number of ketones is 2. The first-order chi connectivity index (χ1) is 22.8. The topological polar surface area (TPSA) is 137 Å². The van der Waals surface area contributed by atoms with E-state index >= 15 is 4.79 Å². The van der Waals surface area contributed by atoms with Crippen molar-refractivity contribution in [3.63, 3.8) is 0 Å². The number of carbonyl (C=O) groups is 2. The summed E-state index contributed by atoms with van der Waals surface area (Å²) in [6.07, 6.45) is 4.29. The lowest BCUT2D eigenvalue weighted by atomic mass is 9.43. The van der Waals surface area contributed by atoms with Crippen molar-refractivity contribution in [1.82, 2.24) is 0 Å². The van der Waals surface area contributed by atoms with Gasteiger partial charge in [0, 0.05) is 35.8 Å². The number of carbonyl (C=O) groups excluding carboxylic acids is 2. The highest BCUT2D eigenvalue weighted by Gasteiger charge is 2.86. The minimum absolute atomic E-state index is 0.0488. The molecule has 5 saturated heterocycles. The zero-order chi connectivity index (χ0) is 33.8. The number of rotatable bonds is 8. The average Bonchev–Trinajstić information content (AvgIpc) is 3.95. The third-order valence-electron chi connectivity index (χ3n) is 13.9. The largest absolute Gasteiger partial charge is 0.498 e. The Hall–Kier alpha value is -1.66. The Bertz CT molecular complexity index is 1500. The maximum atomic E-state index is 15.4. The summed E-state index contributed by atoms with van der Waals surface area (Å²) in [6, 6.07) is 0. The van der Waals surface area contributed by atoms with E-state index in [0.29, 0.717) is 11.1 Å². The highest BCUT2D eigenvalue weighted by atomic mass is 16.7. The van der Waals surface area contributed by atoms with Gasteiger partial charge in [-0.05, 0) is 52.5 Å². The van der Waals surface area contributed by atoms with Crippen molar-refractivity contribution in [3.05, 3.63) is 23.0 Å². The Morgan fingerprint density at radius 3 is 1.96 bits per heavy atom. The second kappa shape index (κ2) is 10.2. The molecule has 2 bridgehead atoms. The molecule has 10 rings (SSSR count). The van der Waals surface area contributed by atoms with Gasteiger partial charge in [0.1, 0.15) is 35.6 Å². The molecule has 48 heavy (non-hydrogen) atoms. The van der Waals surface area contributed by atoms with Gasteiger partial charge >= 0.3 is 0 Å². The number of unbranched alkanes of at least 4 members (excludes halogenated alkanes) is 4. The first kappa shape index (κ1) is 32.3. The number of fused-ring (bicyclic) bond motifs is 2. The molecule has 2 N–H and O–H groups in total. The number of hydrogen-bond acceptors (Lipinski definition) is 10. The van der Waals surface area contributed by atoms with Crippen LogP contribution in [0.15, 0.2) is 23.0 Å². The summed E-state index contributed by atoms with van der Waals surface area (Å²) in [5.74, 6) is -0.863. The normalized spacial score (nSPS) is 51.2. The van der Waals surface area contributed by atoms with Crippen LogP contribution < -0.4 is 0 Å². The molecule has 7 heterocycles. The van der Waals surface area contributed by atoms with E-state index in [1.165, 1.54) is 0 Å². The fraction of sp³-hybridized carbons (Fsp3) is 0.842. The van der Waals surface area contributed by atoms with E-state index in [-0.39, 0.29) is 42.5 Å². The van der Waals surface area contributed by atoms with Gasteiger partial charge in [-0.2, -0.15) is 0 Å². The molecule has 3 aliphatic carbocycles. The molecule has 0 aromatic carbocycles. The molecule has 0 amide bonds. The number of Topliss-reactive ketones (excluding diaryl/α,β-unsaturated/α-hetero) is 2. The second-order valence-corrected chi connectivity index (χ2v) is 17.4. The van der Waals surface area contributed by atoms with Crippen LogP contribution in [-0.4, -0.2) is 99.1 Å². The number of aliphatic hydroxyl groups excluding tert-OH is 2. The van der Waals surface area contributed by atoms with Gasteiger partial charge < -0.3 is 38.6 Å². The van der Waals surface area contributed by atoms with Crippen molar-refractivity contribution >= 4 is 11.6 Å². The summed E-state index contributed by atoms with van der Waals surface area (Å²) in [5.41, 5.74) is -2.75. The van der Waals surface area contributed by atoms with Crippen LogP contribution in [0, 0.1) is 17.3 Å². The molecular weight excluding hydrogens is 616 g/mol. The lowest BCUT2D eigenvalue weighted by Crippen LogP contribution is -2.76. The van der Waals surface area contributed by atoms with Crippen LogP contribution in [0.5, 0.6) is 0 Å². The van der Waals surface area contributed by atoms with Crippen molar-refractivity contribution in [2.45, 2.75) is 183 Å². The number of epoxide rings is 2. The molecule has 0 aromatic rings. The van der Waals surface area contributed by atoms with E-state index in [4.69, 9.17) is 28.4 Å². The van der Waals surface area contributed by atoms with Gasteiger partial charge in [-0.3, -0.25) is 9.59 Å². The molecule has 0 radical (unpaired) electrons. The van der Waals surface area contributed by atoms with E-state index in [9.17, 15) is 15.0 Å². The molecule has 3 spiro atoms. The minimum atomic E-state index is -1.19. The van der Waals surface area contributed by atoms with E-state index < -0.39 is 76.5 Å². The van der Waals surface area contributed by atoms with Gasteiger partial charge in [0.25, 0.3) is 0 Å². The van der Waals surface area contributed by atoms with Crippen LogP contribution >= 0.6 is 0 Å². The predicted octanol–water partition coefficient (Wildman–Crippen LogP) is 4.02. The lowest BCUT2D eigenvalue weighted by Gasteiger charge is -2.66. The van der Waals surface area contributed by atoms with Gasteiger partial charge in [-0.15, -0.1) is 0 Å². The van der Waals surface area contributed by atoms with Gasteiger partial charge in [0.05, 0.1) is 47.3 Å². The predicted molar refractivity (Wildman–Crippen MR) is 171 cm³/mol. The van der Waals surface area contributed by atoms with Crippen molar-refractivity contribution in [2.24, 2.45) is 17.3 Å². The van der Waals surface area contributed by atoms with Crippen LogP contribution in [0.4, 0.5) is 0 Å². The Labute approximate surface area is 282 Å². The number of aliphatic hydroxyl groups is 2. The smallest absolute Gasteiger partial charge is 0.191 e. The first-order valence-corrected chi connectivity index (χ1v) is 18.7. The maximum absolute atomic E-state index is 15.4. The van der Waals surface area contributed by atoms with Gasteiger partial charge in [0.15, 0.2) is 17.7 Å². The highest BCUT2D eigenvalue weighted by molar-refractivity contribution is 6.07. The van der Waals surface area contributed by atoms with E-state index in [2.05, 4.69) is 13.8 Å². The molecule has 14 atom stereocenters. The van der Waals surface area contributed by atoms with E-state index in [1.807, 2.05) is 27.7 Å². The fourth-order valence-electron chi connectivity index (χ4n) is 11.2. The van der Waals surface area contributed by atoms with Crippen LogP contribution in [0.25, 0.3) is 0 Å². The summed E-state index contributed by atoms with van der Waals surface area (Å²) in [7, 11) is 0. The lowest BCUT2D eigenvalue weighted by molar-refractivity contribution is -0.246. The third-order valence-corrected chi connectivity index (χ3v) is 13.9. The molecule has 264 valence electrons. The van der Waals surface area contributed by atoms with Gasteiger partial charge in [-0.1, -0.05) is 46.0 Å². The fourth-order valence-corrected chi connectivity index (χ4v) is 11.2. The molecular formula is C38H52O10. The number of ether oxygens (including phenoxy) is 6. The quantitative estimate of drug-likeness (QED) is 0.288. The Morgan fingerprint density at radius 1 is 0.729 bits per heavy atom. The van der Waals surface area contributed by atoms with Crippen molar-refractivity contribution in [3.8, 4) is 0 Å². The van der Waals surface area contributed by atoms with Crippen molar-refractivity contribution in [2.75, 3.05) is 0 Å². The number of hydrogen-bond donors (Lipinski definition) is 2. The van der Waals surface area contributed by atoms with Crippen LogP contribution in [0.1, 0.15) is 106 Å². The molecule has 10 nitrogen and oxygen atoms in total. The van der Waals surface area contributed by atoms with Gasteiger partial charge in [0.2, 0.25) is 0 Å². The maximum Gasteiger partial charge on any atom is 0.191 e. The molecule has 0 aromatic heterocycles. The monoisotopic (exact) mass is 668 g/mol. The highest BCUT2D eigenvalue weighted by Crippen LogP contribution is 2.73. The second-order valence-electron chi connectivity index (χ2n) is 17.4. The van der Waals surface area contributed by atoms with E-state index in [1.54, 1.807) is 6.26 Å². The Kier molecular flexibility index (Phi) is 6.88. The van der Waals surface area contributed by atoms with Crippen molar-refractivity contribution in [1.29, 1.82) is 0 Å². The SMILES string of the molecule is CCCCC[C@@H]1OC=C2[C@@H]3OC(C)(C)[C@@H](O)C[C@@]34O[C@H]4C(=O)[C@@]23[C@@H]2O[C@H](CCCCC)C(C4=C2[C@@H]2OC(C)(C)[C@@H](O)C[C@@]25O[C@H]5C4=O)[C@@H]13. The Morgan fingerprint density at radius 2 is 1.31 bits per heavy atom. The van der Waals surface area contributed by atoms with Crippen molar-refractivity contribution < 1.29 is 48.2 Å². The van der Waals surface area contributed by atoms with Crippen LogP contribution in [0.2, 0.25) is 0 Å². The van der Waals surface area contributed by atoms with Gasteiger partial charge in [-0.25, -0.2) is 0 Å². The van der Waals surface area contributed by atoms with Crippen LogP contribution in [-0.2, 0) is 38.0 Å². The summed E-state index contributed by atoms with van der Waals surface area (Å²) in [6.45, 7) is 11.9. The zero-order valence-electron chi connectivity index (χ0n) is 29.2. The summed E-state index contributed by atoms with van der Waals surface area (Å²) < 4.78 is 40.3. The summed E-state index contributed by atoms with van der Waals surface area (Å²) >= 11 is 0. The average molecular weight is 669 g/mol. The minimum Gasteiger partial charge on any atom is -0.498 e. The summed E-state index contributed by atoms with van der Waals surface area (Å²) in [4.78, 5) is 30.1. The molecule has 10 heteroatoms. The molecule has 7 aliphatic heterocycles. The molecule has 10 aliphatic rings. The van der Waals surface area contributed by atoms with E-state index in [0.717, 1.165) is 56.9 Å². The zero-order valence-corrected chi connectivity index (χ0v) is 29.2. The molecule has 1 saturated carbocycles. The molecule has 6 fully saturated rings. The summed E-state index contributed by atoms with van der Waals surface area (Å²) in [5, 5.41) is 22.3. The standard InChI is InChI=1S/C38H52O10/c1-7-9-11-13-19-23-24-25(30-37(32(47-37)27(24)41)16-22(40)35(5,6)46-30)31(44-19)38-18(17-43-20(26(23)38)14-12-10-8-2)29-36(33(48-36)28(38)42)15-21(39)34(3,4)45-29/h17,19-23,26,29-33,39-40H,7-16H2,1-6H3/t19-,20+,21+,22+,23?,26-,29+,30+,31-,32+,33+,36-,37-,38-/m1/s1. The molecule has 1 unspecified atom stereocenters. The first-order valence-electron chi connectivity index (χ1n) is 18.7. The van der Waals surface area contributed by atoms with Crippen LogP contribution in [0.3, 0.4) is 0 Å². The Balaban J connectivity index is 1.25.